The van der Waals surface area contributed by atoms with Gasteiger partial charge < -0.3 is 5.32 Å². The van der Waals surface area contributed by atoms with Crippen LogP contribution in [0.15, 0.2) is 35.5 Å². The fraction of sp³-hybridized carbons (Fsp3) is 0.600. The first-order valence-corrected chi connectivity index (χ1v) is 6.04. The minimum atomic E-state index is 0.190. The summed E-state index contributed by atoms with van der Waals surface area (Å²) in [4.78, 5) is 0. The van der Waals surface area contributed by atoms with Crippen LogP contribution in [0.4, 0.5) is 0 Å². The summed E-state index contributed by atoms with van der Waals surface area (Å²) in [7, 11) is 0. The lowest BCUT2D eigenvalue weighted by atomic mass is 9.87. The Kier molecular flexibility index (Phi) is 3.80. The van der Waals surface area contributed by atoms with E-state index in [2.05, 4.69) is 71.2 Å². The zero-order chi connectivity index (χ0) is 12.4. The van der Waals surface area contributed by atoms with E-state index >= 15 is 0 Å². The summed E-state index contributed by atoms with van der Waals surface area (Å²) < 4.78 is 0. The molecule has 0 fully saturated rings. The first-order chi connectivity index (χ1) is 7.18. The van der Waals surface area contributed by atoms with Crippen LogP contribution in [0.1, 0.15) is 41.5 Å². The van der Waals surface area contributed by atoms with Crippen LogP contribution in [0, 0.1) is 5.41 Å². The van der Waals surface area contributed by atoms with Crippen molar-refractivity contribution in [3.05, 3.63) is 35.5 Å². The molecule has 0 bridgehead atoms. The maximum Gasteiger partial charge on any atom is 0.0148 e. The van der Waals surface area contributed by atoms with Gasteiger partial charge in [0, 0.05) is 12.1 Å². The molecule has 0 amide bonds. The minimum absolute atomic E-state index is 0.190. The molecule has 0 atom stereocenters. The van der Waals surface area contributed by atoms with Crippen LogP contribution < -0.4 is 5.32 Å². The Bertz CT molecular complexity index is 329. The molecule has 1 aliphatic rings. The van der Waals surface area contributed by atoms with Crippen LogP contribution in [-0.2, 0) is 0 Å². The van der Waals surface area contributed by atoms with Gasteiger partial charge in [-0.2, -0.15) is 0 Å². The maximum absolute atomic E-state index is 3.46. The topological polar surface area (TPSA) is 12.0 Å². The van der Waals surface area contributed by atoms with Crippen molar-refractivity contribution >= 4 is 0 Å². The van der Waals surface area contributed by atoms with Crippen molar-refractivity contribution in [1.29, 1.82) is 0 Å². The second-order valence-corrected chi connectivity index (χ2v) is 6.52. The summed E-state index contributed by atoms with van der Waals surface area (Å²) in [5, 5.41) is 3.46. The highest BCUT2D eigenvalue weighted by Gasteiger charge is 2.17. The molecular weight excluding hydrogens is 194 g/mol. The molecule has 0 aromatic carbocycles. The van der Waals surface area contributed by atoms with E-state index in [1.165, 1.54) is 11.1 Å². The molecule has 1 nitrogen and oxygen atoms in total. The SMILES string of the molecule is CC(C)(C)NCC=C1C=CC(C(C)(C)C)=C1. The largest absolute Gasteiger partial charge is 0.309 e. The highest BCUT2D eigenvalue weighted by molar-refractivity contribution is 5.48. The molecule has 90 valence electrons. The molecule has 0 saturated heterocycles. The molecule has 1 rings (SSSR count). The molecule has 0 spiro atoms. The van der Waals surface area contributed by atoms with Gasteiger partial charge in [-0.3, -0.25) is 0 Å². The van der Waals surface area contributed by atoms with Gasteiger partial charge in [0.1, 0.15) is 0 Å². The zero-order valence-electron chi connectivity index (χ0n) is 11.5. The fourth-order valence-electron chi connectivity index (χ4n) is 1.53. The summed E-state index contributed by atoms with van der Waals surface area (Å²) in [6, 6.07) is 0. The minimum Gasteiger partial charge on any atom is -0.309 e. The van der Waals surface area contributed by atoms with Crippen LogP contribution >= 0.6 is 0 Å². The number of nitrogens with one attached hydrogen (secondary N) is 1. The quantitative estimate of drug-likeness (QED) is 0.744. The third-order valence-corrected chi connectivity index (χ3v) is 2.61. The van der Waals surface area contributed by atoms with E-state index in [1.54, 1.807) is 0 Å². The van der Waals surface area contributed by atoms with Crippen molar-refractivity contribution < 1.29 is 0 Å². The first kappa shape index (κ1) is 13.2. The molecule has 16 heavy (non-hydrogen) atoms. The van der Waals surface area contributed by atoms with Crippen molar-refractivity contribution in [1.82, 2.24) is 5.32 Å². The second-order valence-electron chi connectivity index (χ2n) is 6.52. The first-order valence-electron chi connectivity index (χ1n) is 6.04. The lowest BCUT2D eigenvalue weighted by Gasteiger charge is -2.19. The Balaban J connectivity index is 2.57. The van der Waals surface area contributed by atoms with Gasteiger partial charge in [0.05, 0.1) is 0 Å². The van der Waals surface area contributed by atoms with Crippen molar-refractivity contribution in [3.8, 4) is 0 Å². The third kappa shape index (κ3) is 4.36. The van der Waals surface area contributed by atoms with Gasteiger partial charge in [-0.1, -0.05) is 45.1 Å². The smallest absolute Gasteiger partial charge is 0.0148 e. The van der Waals surface area contributed by atoms with Crippen LogP contribution in [-0.4, -0.2) is 12.1 Å². The number of hydrogen-bond acceptors (Lipinski definition) is 1. The summed E-state index contributed by atoms with van der Waals surface area (Å²) in [6.45, 7) is 14.2. The maximum atomic E-state index is 3.46. The summed E-state index contributed by atoms with van der Waals surface area (Å²) in [6.07, 6.45) is 8.96. The van der Waals surface area contributed by atoms with Crippen molar-refractivity contribution in [2.75, 3.05) is 6.54 Å². The van der Waals surface area contributed by atoms with Gasteiger partial charge in [0.2, 0.25) is 0 Å². The molecule has 0 saturated carbocycles. The van der Waals surface area contributed by atoms with Crippen LogP contribution in [0.5, 0.6) is 0 Å². The normalized spacial score (nSPS) is 19.4. The molecule has 0 radical (unpaired) electrons. The van der Waals surface area contributed by atoms with Crippen LogP contribution in [0.3, 0.4) is 0 Å². The van der Waals surface area contributed by atoms with Crippen molar-refractivity contribution in [2.45, 2.75) is 47.1 Å². The zero-order valence-corrected chi connectivity index (χ0v) is 11.5. The Hall–Kier alpha value is -0.820. The predicted molar refractivity (Wildman–Crippen MR) is 72.5 cm³/mol. The van der Waals surface area contributed by atoms with Gasteiger partial charge in [-0.25, -0.2) is 0 Å². The predicted octanol–water partition coefficient (Wildman–Crippen LogP) is 3.84. The number of rotatable bonds is 2. The molecule has 0 unspecified atom stereocenters. The fourth-order valence-corrected chi connectivity index (χ4v) is 1.53. The number of allylic oxidation sites excluding steroid dienone is 5. The molecule has 1 heteroatoms. The standard InChI is InChI=1S/C15H25N/c1-14(2,3)13-8-7-12(11-13)9-10-16-15(4,5)6/h7-9,11,16H,10H2,1-6H3. The van der Waals surface area contributed by atoms with E-state index in [-0.39, 0.29) is 11.0 Å². The van der Waals surface area contributed by atoms with Gasteiger partial charge in [0.25, 0.3) is 0 Å². The Labute approximate surface area is 100 Å². The molecule has 0 aromatic heterocycles. The van der Waals surface area contributed by atoms with E-state index < -0.39 is 0 Å². The lowest BCUT2D eigenvalue weighted by molar-refractivity contribution is 0.449. The Morgan fingerprint density at radius 2 is 1.69 bits per heavy atom. The van der Waals surface area contributed by atoms with Gasteiger partial charge in [-0.15, -0.1) is 0 Å². The number of hydrogen-bond donors (Lipinski definition) is 1. The Morgan fingerprint density at radius 1 is 1.06 bits per heavy atom. The Morgan fingerprint density at radius 3 is 2.12 bits per heavy atom. The molecule has 1 aliphatic carbocycles. The summed E-state index contributed by atoms with van der Waals surface area (Å²) >= 11 is 0. The van der Waals surface area contributed by atoms with Crippen LogP contribution in [0.2, 0.25) is 0 Å². The van der Waals surface area contributed by atoms with Crippen LogP contribution in [0.25, 0.3) is 0 Å². The second kappa shape index (κ2) is 4.58. The molecule has 0 aromatic rings. The van der Waals surface area contributed by atoms with Gasteiger partial charge in [0.15, 0.2) is 0 Å². The highest BCUT2D eigenvalue weighted by atomic mass is 14.9. The molecule has 1 N–H and O–H groups in total. The summed E-state index contributed by atoms with van der Waals surface area (Å²) in [5.41, 5.74) is 3.18. The van der Waals surface area contributed by atoms with Gasteiger partial charge >= 0.3 is 0 Å². The van der Waals surface area contributed by atoms with E-state index in [4.69, 9.17) is 0 Å². The van der Waals surface area contributed by atoms with E-state index in [9.17, 15) is 0 Å². The highest BCUT2D eigenvalue weighted by Crippen LogP contribution is 2.31. The van der Waals surface area contributed by atoms with E-state index in [0.29, 0.717) is 0 Å². The van der Waals surface area contributed by atoms with Crippen molar-refractivity contribution in [3.63, 3.8) is 0 Å². The average molecular weight is 219 g/mol. The molecule has 0 aliphatic heterocycles. The van der Waals surface area contributed by atoms with Gasteiger partial charge in [-0.05, 0) is 37.3 Å². The monoisotopic (exact) mass is 219 g/mol. The van der Waals surface area contributed by atoms with E-state index in [1.807, 2.05) is 0 Å². The van der Waals surface area contributed by atoms with Crippen molar-refractivity contribution in [2.24, 2.45) is 5.41 Å². The third-order valence-electron chi connectivity index (χ3n) is 2.61. The van der Waals surface area contributed by atoms with E-state index in [0.717, 1.165) is 6.54 Å². The average Bonchev–Trinajstić information content (AvgIpc) is 2.49. The molecular formula is C15H25N. The lowest BCUT2D eigenvalue weighted by Crippen LogP contribution is -2.35. The summed E-state index contributed by atoms with van der Waals surface area (Å²) in [5.74, 6) is 0. The molecule has 0 heterocycles.